The summed E-state index contributed by atoms with van der Waals surface area (Å²) in [5, 5.41) is 0. The SMILES string of the molecule is C1=NC=NC1.CC(C)(C)C.CC(C)(C)C.c1cocn1. The number of aromatic nitrogens is 1. The Labute approximate surface area is 124 Å². The second kappa shape index (κ2) is 11.4. The molecule has 1 aliphatic rings. The third kappa shape index (κ3) is 54.7. The van der Waals surface area contributed by atoms with Gasteiger partial charge in [-0.1, -0.05) is 55.4 Å². The van der Waals surface area contributed by atoms with Crippen LogP contribution in [0.4, 0.5) is 0 Å². The predicted octanol–water partition coefficient (Wildman–Crippen LogP) is 4.88. The molecule has 0 aliphatic carbocycles. The number of aliphatic imine (C=N–C) groups is 2. The van der Waals surface area contributed by atoms with Crippen LogP contribution in [0.25, 0.3) is 0 Å². The number of hydrogen-bond donors (Lipinski definition) is 0. The van der Waals surface area contributed by atoms with Gasteiger partial charge in [-0.05, 0) is 10.8 Å². The van der Waals surface area contributed by atoms with Crippen LogP contribution in [-0.4, -0.2) is 24.1 Å². The van der Waals surface area contributed by atoms with Gasteiger partial charge in [0.1, 0.15) is 12.6 Å². The maximum Gasteiger partial charge on any atom is 0.180 e. The Morgan fingerprint density at radius 1 is 0.900 bits per heavy atom. The molecule has 4 heteroatoms. The van der Waals surface area contributed by atoms with E-state index in [-0.39, 0.29) is 0 Å². The summed E-state index contributed by atoms with van der Waals surface area (Å²) in [7, 11) is 0. The summed E-state index contributed by atoms with van der Waals surface area (Å²) in [6.45, 7) is 18.3. The minimum absolute atomic E-state index is 0.500. The molecule has 116 valence electrons. The Bertz CT molecular complexity index is 290. The molecule has 2 rings (SSSR count). The van der Waals surface area contributed by atoms with Crippen LogP contribution in [0.1, 0.15) is 55.4 Å². The maximum absolute atomic E-state index is 4.47. The Kier molecular flexibility index (Phi) is 11.9. The van der Waals surface area contributed by atoms with Crippen LogP contribution < -0.4 is 0 Å². The predicted molar refractivity (Wildman–Crippen MR) is 88.6 cm³/mol. The highest BCUT2D eigenvalue weighted by molar-refractivity contribution is 5.79. The molecule has 0 unspecified atom stereocenters. The normalized spacial score (nSPS) is 12.4. The van der Waals surface area contributed by atoms with Crippen molar-refractivity contribution in [3.05, 3.63) is 18.9 Å². The lowest BCUT2D eigenvalue weighted by Crippen LogP contribution is -1.93. The Hall–Kier alpha value is -1.45. The molecule has 0 aromatic carbocycles. The average Bonchev–Trinajstić information content (AvgIpc) is 2.92. The lowest BCUT2D eigenvalue weighted by molar-refractivity contribution is 0.469. The monoisotopic (exact) mass is 281 g/mol. The summed E-state index contributed by atoms with van der Waals surface area (Å²) >= 11 is 0. The summed E-state index contributed by atoms with van der Waals surface area (Å²) in [6.07, 6.45) is 7.79. The van der Waals surface area contributed by atoms with E-state index in [1.165, 1.54) is 12.7 Å². The largest absolute Gasteiger partial charge is 0.452 e. The van der Waals surface area contributed by atoms with Gasteiger partial charge in [-0.25, -0.2) is 9.98 Å². The zero-order valence-electron chi connectivity index (χ0n) is 14.3. The van der Waals surface area contributed by atoms with Gasteiger partial charge in [0.25, 0.3) is 0 Å². The molecule has 0 N–H and O–H groups in total. The molecule has 4 nitrogen and oxygen atoms in total. The van der Waals surface area contributed by atoms with Gasteiger partial charge in [-0.15, -0.1) is 0 Å². The molecule has 0 saturated carbocycles. The van der Waals surface area contributed by atoms with Gasteiger partial charge in [0.15, 0.2) is 6.39 Å². The van der Waals surface area contributed by atoms with E-state index < -0.39 is 0 Å². The van der Waals surface area contributed by atoms with E-state index in [1.54, 1.807) is 18.7 Å². The number of rotatable bonds is 0. The fraction of sp³-hybridized carbons (Fsp3) is 0.688. The smallest absolute Gasteiger partial charge is 0.180 e. The second-order valence-corrected chi connectivity index (χ2v) is 7.49. The summed E-state index contributed by atoms with van der Waals surface area (Å²) in [4.78, 5) is 11.0. The van der Waals surface area contributed by atoms with Gasteiger partial charge >= 0.3 is 0 Å². The fourth-order valence-corrected chi connectivity index (χ4v) is 0.411. The molecule has 0 atom stereocenters. The Balaban J connectivity index is 0. The van der Waals surface area contributed by atoms with Crippen molar-refractivity contribution in [3.63, 3.8) is 0 Å². The molecule has 1 aromatic heterocycles. The number of hydrogen-bond acceptors (Lipinski definition) is 4. The molecule has 0 radical (unpaired) electrons. The van der Waals surface area contributed by atoms with Crippen LogP contribution in [0.2, 0.25) is 0 Å². The lowest BCUT2D eigenvalue weighted by atomic mass is 10.0. The van der Waals surface area contributed by atoms with Crippen LogP contribution in [0.15, 0.2) is 33.3 Å². The highest BCUT2D eigenvalue weighted by Gasteiger charge is 1.96. The molecular weight excluding hydrogens is 250 g/mol. The highest BCUT2D eigenvalue weighted by Crippen LogP contribution is 2.08. The molecule has 0 saturated heterocycles. The molecule has 0 bridgehead atoms. The zero-order valence-corrected chi connectivity index (χ0v) is 14.3. The zero-order chi connectivity index (χ0) is 16.1. The Morgan fingerprint density at radius 3 is 1.50 bits per heavy atom. The quantitative estimate of drug-likeness (QED) is 0.680. The first-order chi connectivity index (χ1) is 9.00. The van der Waals surface area contributed by atoms with Crippen LogP contribution in [0.5, 0.6) is 0 Å². The van der Waals surface area contributed by atoms with Crippen LogP contribution >= 0.6 is 0 Å². The highest BCUT2D eigenvalue weighted by atomic mass is 16.3. The molecule has 0 spiro atoms. The van der Waals surface area contributed by atoms with E-state index in [0.717, 1.165) is 6.54 Å². The minimum atomic E-state index is 0.500. The standard InChI is InChI=1S/2C5H12.C3H4N2.C3H3NO/c2*1-5(2,3)4;2*1-2-5-3-4-1/h2*1-4H3;1,3H,2H2;1-3H. The molecule has 0 amide bonds. The van der Waals surface area contributed by atoms with Gasteiger partial charge in [0.05, 0.1) is 12.7 Å². The van der Waals surface area contributed by atoms with Crippen molar-refractivity contribution in [2.45, 2.75) is 55.4 Å². The summed E-state index contributed by atoms with van der Waals surface area (Å²) in [5.74, 6) is 0. The first-order valence-electron chi connectivity index (χ1n) is 6.82. The van der Waals surface area contributed by atoms with Gasteiger partial charge in [-0.3, -0.25) is 4.99 Å². The minimum Gasteiger partial charge on any atom is -0.452 e. The van der Waals surface area contributed by atoms with Crippen molar-refractivity contribution in [2.75, 3.05) is 6.54 Å². The number of nitrogens with zero attached hydrogens (tertiary/aromatic N) is 3. The van der Waals surface area contributed by atoms with Gasteiger partial charge in [0, 0.05) is 6.21 Å². The molecule has 1 aliphatic heterocycles. The van der Waals surface area contributed by atoms with Gasteiger partial charge < -0.3 is 4.42 Å². The third-order valence-electron chi connectivity index (χ3n) is 0.788. The number of oxazole rings is 1. The van der Waals surface area contributed by atoms with E-state index in [2.05, 4.69) is 74.8 Å². The summed E-state index contributed by atoms with van der Waals surface area (Å²) in [5.41, 5.74) is 1.00. The molecular formula is C16H31N3O. The second-order valence-electron chi connectivity index (χ2n) is 7.49. The van der Waals surface area contributed by atoms with E-state index in [4.69, 9.17) is 0 Å². The topological polar surface area (TPSA) is 50.8 Å². The van der Waals surface area contributed by atoms with Gasteiger partial charge in [0.2, 0.25) is 0 Å². The fourth-order valence-electron chi connectivity index (χ4n) is 0.411. The van der Waals surface area contributed by atoms with E-state index >= 15 is 0 Å². The van der Waals surface area contributed by atoms with Crippen molar-refractivity contribution in [2.24, 2.45) is 20.8 Å². The first-order valence-corrected chi connectivity index (χ1v) is 6.82. The van der Waals surface area contributed by atoms with Crippen LogP contribution in [0, 0.1) is 10.8 Å². The van der Waals surface area contributed by atoms with E-state index in [0.29, 0.717) is 10.8 Å². The van der Waals surface area contributed by atoms with Gasteiger partial charge in [-0.2, -0.15) is 0 Å². The van der Waals surface area contributed by atoms with E-state index in [1.807, 2.05) is 0 Å². The summed E-state index contributed by atoms with van der Waals surface area (Å²) in [6, 6.07) is 0. The van der Waals surface area contributed by atoms with Crippen LogP contribution in [0.3, 0.4) is 0 Å². The first kappa shape index (κ1) is 20.9. The van der Waals surface area contributed by atoms with Crippen molar-refractivity contribution < 1.29 is 4.42 Å². The van der Waals surface area contributed by atoms with Crippen molar-refractivity contribution in [3.8, 4) is 0 Å². The van der Waals surface area contributed by atoms with Crippen LogP contribution in [-0.2, 0) is 0 Å². The maximum atomic E-state index is 4.47. The van der Waals surface area contributed by atoms with E-state index in [9.17, 15) is 0 Å². The Morgan fingerprint density at radius 2 is 1.40 bits per heavy atom. The van der Waals surface area contributed by atoms with Crippen molar-refractivity contribution in [1.82, 2.24) is 4.98 Å². The molecule has 0 fully saturated rings. The van der Waals surface area contributed by atoms with Crippen molar-refractivity contribution >= 4 is 12.6 Å². The lowest BCUT2D eigenvalue weighted by Gasteiger charge is -2.05. The molecule has 1 aromatic rings. The summed E-state index contributed by atoms with van der Waals surface area (Å²) < 4.78 is 4.47. The molecule has 20 heavy (non-hydrogen) atoms. The third-order valence-corrected chi connectivity index (χ3v) is 0.788. The van der Waals surface area contributed by atoms with Crippen molar-refractivity contribution in [1.29, 1.82) is 0 Å². The average molecular weight is 281 g/mol. The molecule has 2 heterocycles.